The molecular formula is C30H40Cl2SiZr. The molecule has 0 spiro atoms. The number of halogens is 2. The summed E-state index contributed by atoms with van der Waals surface area (Å²) in [6.45, 7) is 14.9. The Kier molecular flexibility index (Phi) is 10.7. The SMILES string of the molecule is CCCC[C]1([Zr+2](=[Si](C)C)[C]2(CCCC)C=C(C)c3ccccc32)C=C(C)c2ccccc21.[Cl-].[Cl-]. The van der Waals surface area contributed by atoms with Crippen molar-refractivity contribution in [3.63, 3.8) is 0 Å². The van der Waals surface area contributed by atoms with Crippen LogP contribution in [0, 0.1) is 0 Å². The molecule has 4 heteroatoms. The first kappa shape index (κ1) is 29.8. The van der Waals surface area contributed by atoms with Gasteiger partial charge < -0.3 is 24.8 Å². The van der Waals surface area contributed by atoms with Gasteiger partial charge in [-0.25, -0.2) is 0 Å². The van der Waals surface area contributed by atoms with Crippen LogP contribution in [-0.2, 0) is 26.6 Å². The third-order valence-electron chi connectivity index (χ3n) is 7.83. The molecule has 2 aliphatic rings. The minimum Gasteiger partial charge on any atom is -1.00 e. The second-order valence-corrected chi connectivity index (χ2v) is 28.8. The van der Waals surface area contributed by atoms with Gasteiger partial charge in [-0.15, -0.1) is 0 Å². The van der Waals surface area contributed by atoms with Crippen LogP contribution in [0.4, 0.5) is 0 Å². The van der Waals surface area contributed by atoms with Crippen molar-refractivity contribution in [1.82, 2.24) is 0 Å². The summed E-state index contributed by atoms with van der Waals surface area (Å²) in [5.41, 5.74) is 9.11. The smallest absolute Gasteiger partial charge is 1.00 e. The maximum atomic E-state index is 2.80. The van der Waals surface area contributed by atoms with Crippen molar-refractivity contribution in [3.05, 3.63) is 82.9 Å². The van der Waals surface area contributed by atoms with Crippen molar-refractivity contribution in [1.29, 1.82) is 0 Å². The minimum atomic E-state index is -2.17. The number of unbranched alkanes of at least 4 members (excludes halogenated alkanes) is 2. The Morgan fingerprint density at radius 1 is 0.676 bits per heavy atom. The average Bonchev–Trinajstić information content (AvgIpc) is 3.24. The topological polar surface area (TPSA) is 0 Å². The van der Waals surface area contributed by atoms with Crippen LogP contribution in [0.3, 0.4) is 0 Å². The van der Waals surface area contributed by atoms with Gasteiger partial charge in [0.25, 0.3) is 0 Å². The Morgan fingerprint density at radius 2 is 1.06 bits per heavy atom. The van der Waals surface area contributed by atoms with Crippen LogP contribution in [0.1, 0.15) is 88.5 Å². The number of hydrogen-bond donors (Lipinski definition) is 0. The second kappa shape index (κ2) is 12.2. The summed E-state index contributed by atoms with van der Waals surface area (Å²) in [5, 5.41) is 0. The van der Waals surface area contributed by atoms with Gasteiger partial charge in [-0.1, -0.05) is 0 Å². The van der Waals surface area contributed by atoms with Crippen LogP contribution in [0.5, 0.6) is 0 Å². The summed E-state index contributed by atoms with van der Waals surface area (Å²) in [7, 11) is 0. The molecule has 34 heavy (non-hydrogen) atoms. The average molecular weight is 591 g/mol. The molecule has 0 radical (unpaired) electrons. The van der Waals surface area contributed by atoms with Gasteiger partial charge in [0.05, 0.1) is 0 Å². The Bertz CT molecular complexity index is 1030. The Labute approximate surface area is 228 Å². The van der Waals surface area contributed by atoms with Gasteiger partial charge in [0.1, 0.15) is 0 Å². The Hall–Kier alpha value is -0.400. The predicted molar refractivity (Wildman–Crippen MR) is 140 cm³/mol. The van der Waals surface area contributed by atoms with Gasteiger partial charge in [-0.2, -0.15) is 0 Å². The number of benzene rings is 2. The molecule has 0 fully saturated rings. The van der Waals surface area contributed by atoms with Crippen molar-refractivity contribution < 1.29 is 45.2 Å². The predicted octanol–water partition coefficient (Wildman–Crippen LogP) is 2.87. The molecular weight excluding hydrogens is 551 g/mol. The number of fused-ring (bicyclic) bond motifs is 2. The first-order valence-corrected chi connectivity index (χ1v) is 21.3. The van der Waals surface area contributed by atoms with E-state index in [1.165, 1.54) is 49.7 Å². The van der Waals surface area contributed by atoms with Crippen LogP contribution in [0.15, 0.2) is 60.7 Å². The van der Waals surface area contributed by atoms with Crippen molar-refractivity contribution in [3.8, 4) is 0 Å². The largest absolute Gasteiger partial charge is 1.00 e. The molecule has 2 unspecified atom stereocenters. The van der Waals surface area contributed by atoms with Crippen molar-refractivity contribution in [2.75, 3.05) is 0 Å². The third-order valence-corrected chi connectivity index (χ3v) is 29.1. The molecule has 2 atom stereocenters. The van der Waals surface area contributed by atoms with Gasteiger partial charge in [0.15, 0.2) is 0 Å². The van der Waals surface area contributed by atoms with Crippen LogP contribution in [0.25, 0.3) is 11.1 Å². The molecule has 0 amide bonds. The van der Waals surface area contributed by atoms with E-state index in [0.717, 1.165) is 0 Å². The van der Waals surface area contributed by atoms with E-state index in [4.69, 9.17) is 0 Å². The fraction of sp³-hybridized carbons (Fsp3) is 0.467. The molecule has 4 rings (SSSR count). The Balaban J connectivity index is 0.00000204. The quantitative estimate of drug-likeness (QED) is 0.415. The first-order valence-electron chi connectivity index (χ1n) is 12.7. The molecule has 0 N–H and O–H groups in total. The molecule has 0 aromatic heterocycles. The van der Waals surface area contributed by atoms with E-state index < -0.39 is 25.8 Å². The summed E-state index contributed by atoms with van der Waals surface area (Å²) < 4.78 is 0.664. The minimum absolute atomic E-state index is 0. The van der Waals surface area contributed by atoms with Gasteiger partial charge in [-0.05, 0) is 0 Å². The summed E-state index contributed by atoms with van der Waals surface area (Å²) >= 11 is -2.17. The molecule has 0 saturated heterocycles. The van der Waals surface area contributed by atoms with E-state index in [2.05, 4.69) is 101 Å². The Morgan fingerprint density at radius 3 is 1.41 bits per heavy atom. The van der Waals surface area contributed by atoms with Crippen molar-refractivity contribution in [2.45, 2.75) is 85.6 Å². The summed E-state index contributed by atoms with van der Waals surface area (Å²) in [5.74, 6) is 0. The van der Waals surface area contributed by atoms with Gasteiger partial charge >= 0.3 is 205 Å². The van der Waals surface area contributed by atoms with Crippen LogP contribution >= 0.6 is 0 Å². The summed E-state index contributed by atoms with van der Waals surface area (Å²) in [6.07, 6.45) is 13.6. The molecule has 2 aromatic rings. The zero-order valence-corrected chi connectivity index (χ0v) is 26.7. The molecule has 0 heterocycles. The number of hydrogen-bond acceptors (Lipinski definition) is 0. The van der Waals surface area contributed by atoms with E-state index >= 15 is 0 Å². The van der Waals surface area contributed by atoms with E-state index in [1.807, 2.05) is 0 Å². The molecule has 182 valence electrons. The van der Waals surface area contributed by atoms with E-state index in [9.17, 15) is 0 Å². The van der Waals surface area contributed by atoms with E-state index in [-0.39, 0.29) is 24.8 Å². The molecule has 0 saturated carbocycles. The molecule has 2 aromatic carbocycles. The molecule has 0 nitrogen and oxygen atoms in total. The van der Waals surface area contributed by atoms with Crippen LogP contribution in [-0.4, -0.2) is 5.43 Å². The monoisotopic (exact) mass is 588 g/mol. The summed E-state index contributed by atoms with van der Waals surface area (Å²) in [6, 6.07) is 18.9. The fourth-order valence-electron chi connectivity index (χ4n) is 6.76. The van der Waals surface area contributed by atoms with Gasteiger partial charge in [-0.3, -0.25) is 0 Å². The zero-order valence-electron chi connectivity index (χ0n) is 21.8. The number of allylic oxidation sites excluding steroid dienone is 4. The van der Waals surface area contributed by atoms with Gasteiger partial charge in [0.2, 0.25) is 0 Å². The van der Waals surface area contributed by atoms with E-state index in [0.29, 0.717) is 6.25 Å². The fourth-order valence-corrected chi connectivity index (χ4v) is 33.9. The summed E-state index contributed by atoms with van der Waals surface area (Å²) in [4.78, 5) is 0. The standard InChI is InChI=1S/2C14H17.C2H6Si.2ClH.Zr/c2*1-3-4-7-12-10-11(2)13-8-5-6-9-14(12)13;1-3-2;;;/h2*5-6,8-10H,3-4,7H2,1-2H3;1-2H3;2*1H;/q;;;;;+2/p-2. The van der Waals surface area contributed by atoms with Crippen molar-refractivity contribution in [2.24, 2.45) is 0 Å². The molecule has 0 aliphatic heterocycles. The first-order chi connectivity index (χ1) is 15.4. The van der Waals surface area contributed by atoms with Crippen LogP contribution in [0.2, 0.25) is 13.1 Å². The normalized spacial score (nSPS) is 21.8. The second-order valence-electron chi connectivity index (χ2n) is 10.3. The maximum Gasteiger partial charge on any atom is -1.00 e. The third kappa shape index (κ3) is 4.91. The molecule has 2 aliphatic carbocycles. The van der Waals surface area contributed by atoms with Crippen molar-refractivity contribution >= 4 is 16.6 Å². The molecule has 0 bridgehead atoms. The maximum absolute atomic E-state index is 2.80. The van der Waals surface area contributed by atoms with Gasteiger partial charge in [0, 0.05) is 0 Å². The number of rotatable bonds is 8. The van der Waals surface area contributed by atoms with E-state index in [1.54, 1.807) is 22.3 Å². The van der Waals surface area contributed by atoms with Crippen LogP contribution < -0.4 is 24.8 Å². The zero-order chi connectivity index (χ0) is 22.9.